The first-order valence-corrected chi connectivity index (χ1v) is 10.5. The average molecular weight is 383 g/mol. The Kier molecular flexibility index (Phi) is 5.45. The number of carbonyl (C=O) groups excluding carboxylic acids is 1. The van der Waals surface area contributed by atoms with Crippen molar-refractivity contribution in [1.29, 1.82) is 0 Å². The molecule has 1 aliphatic heterocycles. The third-order valence-corrected chi connectivity index (χ3v) is 6.62. The molecule has 1 amide bonds. The number of rotatable bonds is 5. The standard InChI is InChI=1S/C16H18FN3O3S2/c17-13-4-2-1-3-12(13)16-19-11-14(24-16)15(21)18-5-6-20-7-9-25(22,23)10-8-20/h1-4,11H,5-10H2,(H,18,21). The molecule has 2 heterocycles. The number of aromatic nitrogens is 1. The molecule has 0 aliphatic carbocycles. The number of thiazole rings is 1. The highest BCUT2D eigenvalue weighted by atomic mass is 32.2. The van der Waals surface area contributed by atoms with E-state index in [2.05, 4.69) is 10.3 Å². The van der Waals surface area contributed by atoms with Crippen LogP contribution in [0, 0.1) is 5.82 Å². The maximum atomic E-state index is 13.8. The zero-order valence-electron chi connectivity index (χ0n) is 13.4. The van der Waals surface area contributed by atoms with Gasteiger partial charge in [-0.05, 0) is 12.1 Å². The first kappa shape index (κ1) is 18.0. The smallest absolute Gasteiger partial charge is 0.263 e. The van der Waals surface area contributed by atoms with E-state index in [4.69, 9.17) is 0 Å². The molecular weight excluding hydrogens is 365 g/mol. The Morgan fingerprint density at radius 3 is 2.72 bits per heavy atom. The highest BCUT2D eigenvalue weighted by Crippen LogP contribution is 2.27. The fourth-order valence-corrected chi connectivity index (χ4v) is 4.66. The summed E-state index contributed by atoms with van der Waals surface area (Å²) in [5, 5.41) is 3.26. The van der Waals surface area contributed by atoms with Crippen LogP contribution in [0.3, 0.4) is 0 Å². The molecule has 1 saturated heterocycles. The van der Waals surface area contributed by atoms with Crippen molar-refractivity contribution < 1.29 is 17.6 Å². The number of hydrogen-bond acceptors (Lipinski definition) is 6. The van der Waals surface area contributed by atoms with Gasteiger partial charge in [0.05, 0.1) is 17.7 Å². The first-order valence-electron chi connectivity index (χ1n) is 7.86. The molecule has 0 bridgehead atoms. The van der Waals surface area contributed by atoms with Gasteiger partial charge in [0.15, 0.2) is 9.84 Å². The van der Waals surface area contributed by atoms with E-state index in [0.717, 1.165) is 11.3 Å². The number of sulfone groups is 1. The third kappa shape index (κ3) is 4.62. The lowest BCUT2D eigenvalue weighted by Gasteiger charge is -2.26. The quantitative estimate of drug-likeness (QED) is 0.845. The molecule has 2 aromatic rings. The monoisotopic (exact) mass is 383 g/mol. The topological polar surface area (TPSA) is 79.4 Å². The number of halogens is 1. The summed E-state index contributed by atoms with van der Waals surface area (Å²) in [6, 6.07) is 6.31. The van der Waals surface area contributed by atoms with Crippen LogP contribution in [0.2, 0.25) is 0 Å². The Labute approximate surface area is 149 Å². The molecule has 134 valence electrons. The molecule has 9 heteroatoms. The van der Waals surface area contributed by atoms with Gasteiger partial charge in [-0.3, -0.25) is 9.69 Å². The van der Waals surface area contributed by atoms with Crippen molar-refractivity contribution in [2.24, 2.45) is 0 Å². The Morgan fingerprint density at radius 1 is 1.28 bits per heavy atom. The van der Waals surface area contributed by atoms with E-state index in [-0.39, 0.29) is 23.2 Å². The summed E-state index contributed by atoms with van der Waals surface area (Å²) in [4.78, 5) is 18.7. The number of nitrogens with zero attached hydrogens (tertiary/aromatic N) is 2. The largest absolute Gasteiger partial charge is 0.350 e. The lowest BCUT2D eigenvalue weighted by atomic mass is 10.2. The van der Waals surface area contributed by atoms with Crippen molar-refractivity contribution in [3.05, 3.63) is 41.2 Å². The normalized spacial score (nSPS) is 17.3. The zero-order chi connectivity index (χ0) is 17.9. The van der Waals surface area contributed by atoms with Gasteiger partial charge in [0.25, 0.3) is 5.91 Å². The predicted octanol–water partition coefficient (Wildman–Crippen LogP) is 1.41. The highest BCUT2D eigenvalue weighted by Gasteiger charge is 2.21. The van der Waals surface area contributed by atoms with Gasteiger partial charge in [0.2, 0.25) is 0 Å². The summed E-state index contributed by atoms with van der Waals surface area (Å²) in [7, 11) is -2.89. The molecule has 0 atom stereocenters. The summed E-state index contributed by atoms with van der Waals surface area (Å²) in [6.45, 7) is 2.01. The van der Waals surface area contributed by atoms with E-state index in [1.54, 1.807) is 18.2 Å². The Hall–Kier alpha value is -1.84. The van der Waals surface area contributed by atoms with Gasteiger partial charge in [0, 0.05) is 31.7 Å². The molecule has 6 nitrogen and oxygen atoms in total. The molecule has 3 rings (SSSR count). The van der Waals surface area contributed by atoms with E-state index in [0.29, 0.717) is 41.6 Å². The average Bonchev–Trinajstić information content (AvgIpc) is 3.06. The van der Waals surface area contributed by atoms with Crippen molar-refractivity contribution in [3.63, 3.8) is 0 Å². The SMILES string of the molecule is O=C(NCCN1CCS(=O)(=O)CC1)c1cnc(-c2ccccc2F)s1. The minimum Gasteiger partial charge on any atom is -0.350 e. The molecule has 25 heavy (non-hydrogen) atoms. The molecule has 0 unspecified atom stereocenters. The molecule has 0 radical (unpaired) electrons. The maximum absolute atomic E-state index is 13.8. The molecule has 1 aromatic heterocycles. The van der Waals surface area contributed by atoms with Crippen molar-refractivity contribution in [2.45, 2.75) is 0 Å². The molecule has 0 saturated carbocycles. The summed E-state index contributed by atoms with van der Waals surface area (Å²) >= 11 is 1.14. The summed E-state index contributed by atoms with van der Waals surface area (Å²) in [6.07, 6.45) is 1.44. The number of carbonyl (C=O) groups is 1. The fourth-order valence-electron chi connectivity index (χ4n) is 2.53. The van der Waals surface area contributed by atoms with Crippen LogP contribution in [-0.4, -0.2) is 61.9 Å². The van der Waals surface area contributed by atoms with E-state index >= 15 is 0 Å². The van der Waals surface area contributed by atoms with Crippen LogP contribution in [0.4, 0.5) is 4.39 Å². The minimum atomic E-state index is -2.89. The molecule has 0 spiro atoms. The van der Waals surface area contributed by atoms with Crippen LogP contribution in [0.5, 0.6) is 0 Å². The molecule has 1 N–H and O–H groups in total. The van der Waals surface area contributed by atoms with Crippen molar-refractivity contribution in [2.75, 3.05) is 37.7 Å². The second kappa shape index (κ2) is 7.59. The third-order valence-electron chi connectivity index (χ3n) is 3.98. The van der Waals surface area contributed by atoms with Crippen LogP contribution in [0.25, 0.3) is 10.6 Å². The van der Waals surface area contributed by atoms with Crippen LogP contribution >= 0.6 is 11.3 Å². The van der Waals surface area contributed by atoms with Gasteiger partial charge >= 0.3 is 0 Å². The van der Waals surface area contributed by atoms with E-state index in [1.807, 2.05) is 4.90 Å². The summed E-state index contributed by atoms with van der Waals surface area (Å²) in [5.41, 5.74) is 0.376. The van der Waals surface area contributed by atoms with Crippen LogP contribution in [-0.2, 0) is 9.84 Å². The molecule has 1 aliphatic rings. The molecular formula is C16H18FN3O3S2. The maximum Gasteiger partial charge on any atom is 0.263 e. The van der Waals surface area contributed by atoms with Gasteiger partial charge in [0.1, 0.15) is 15.7 Å². The van der Waals surface area contributed by atoms with Gasteiger partial charge in [-0.25, -0.2) is 17.8 Å². The molecule has 1 fully saturated rings. The Balaban J connectivity index is 1.52. The number of hydrogen-bond donors (Lipinski definition) is 1. The van der Waals surface area contributed by atoms with Crippen LogP contribution in [0.15, 0.2) is 30.5 Å². The number of amides is 1. The van der Waals surface area contributed by atoms with Gasteiger partial charge in [-0.1, -0.05) is 12.1 Å². The van der Waals surface area contributed by atoms with Crippen LogP contribution < -0.4 is 5.32 Å². The Morgan fingerprint density at radius 2 is 2.00 bits per heavy atom. The van der Waals surface area contributed by atoms with Gasteiger partial charge in [-0.2, -0.15) is 0 Å². The Bertz CT molecular complexity index is 853. The van der Waals surface area contributed by atoms with Crippen molar-refractivity contribution in [1.82, 2.24) is 15.2 Å². The van der Waals surface area contributed by atoms with Crippen molar-refractivity contribution in [3.8, 4) is 10.6 Å². The predicted molar refractivity (Wildman–Crippen MR) is 94.9 cm³/mol. The summed E-state index contributed by atoms with van der Waals surface area (Å²) in [5.74, 6) is -0.294. The lowest BCUT2D eigenvalue weighted by Crippen LogP contribution is -2.43. The summed E-state index contributed by atoms with van der Waals surface area (Å²) < 4.78 is 36.5. The highest BCUT2D eigenvalue weighted by molar-refractivity contribution is 7.91. The fraction of sp³-hybridized carbons (Fsp3) is 0.375. The first-order chi connectivity index (χ1) is 11.9. The van der Waals surface area contributed by atoms with Crippen LogP contribution in [0.1, 0.15) is 9.67 Å². The second-order valence-corrected chi connectivity index (χ2v) is 9.09. The number of benzene rings is 1. The van der Waals surface area contributed by atoms with Gasteiger partial charge < -0.3 is 5.32 Å². The minimum absolute atomic E-state index is 0.168. The van der Waals surface area contributed by atoms with Crippen molar-refractivity contribution >= 4 is 27.1 Å². The zero-order valence-corrected chi connectivity index (χ0v) is 15.1. The lowest BCUT2D eigenvalue weighted by molar-refractivity contribution is 0.0952. The van der Waals surface area contributed by atoms with E-state index < -0.39 is 9.84 Å². The van der Waals surface area contributed by atoms with Gasteiger partial charge in [-0.15, -0.1) is 11.3 Å². The van der Waals surface area contributed by atoms with E-state index in [1.165, 1.54) is 12.3 Å². The second-order valence-electron chi connectivity index (χ2n) is 5.76. The van der Waals surface area contributed by atoms with E-state index in [9.17, 15) is 17.6 Å². The number of nitrogens with one attached hydrogen (secondary N) is 1. The molecule has 1 aromatic carbocycles.